The van der Waals surface area contributed by atoms with Crippen LogP contribution in [0.4, 0.5) is 5.69 Å². The highest BCUT2D eigenvalue weighted by molar-refractivity contribution is 5.56. The highest BCUT2D eigenvalue weighted by Crippen LogP contribution is 2.26. The number of unbranched alkanes of at least 4 members (excludes halogenated alkanes) is 1. The maximum absolute atomic E-state index is 5.94. The third-order valence-electron chi connectivity index (χ3n) is 3.10. The monoisotopic (exact) mass is 301 g/mol. The van der Waals surface area contributed by atoms with Gasteiger partial charge >= 0.3 is 0 Å². The molecule has 0 bridgehead atoms. The second-order valence-electron chi connectivity index (χ2n) is 4.85. The van der Waals surface area contributed by atoms with Crippen molar-refractivity contribution in [3.63, 3.8) is 0 Å². The molecular weight excluding hydrogens is 278 g/mol. The van der Waals surface area contributed by atoms with E-state index in [0.29, 0.717) is 31.3 Å². The maximum atomic E-state index is 5.94. The first-order chi connectivity index (χ1) is 10.8. The van der Waals surface area contributed by atoms with E-state index >= 15 is 0 Å². The van der Waals surface area contributed by atoms with Crippen LogP contribution in [0.5, 0.6) is 17.2 Å². The van der Waals surface area contributed by atoms with Crippen LogP contribution in [-0.2, 0) is 0 Å². The molecule has 0 aliphatic carbocycles. The minimum atomic E-state index is 0.603. The summed E-state index contributed by atoms with van der Waals surface area (Å²) in [6.07, 6.45) is 1.85. The summed E-state index contributed by atoms with van der Waals surface area (Å²) in [5, 5.41) is 0. The average molecular weight is 301 g/mol. The molecule has 0 saturated carbocycles. The number of rotatable bonds is 9. The molecule has 4 heteroatoms. The molecule has 2 aromatic rings. The number of nitrogen functional groups attached to an aromatic ring is 1. The molecule has 118 valence electrons. The van der Waals surface area contributed by atoms with E-state index in [1.165, 1.54) is 0 Å². The Labute approximate surface area is 131 Å². The Bertz CT molecular complexity index is 558. The number of benzene rings is 2. The van der Waals surface area contributed by atoms with Crippen LogP contribution in [0.15, 0.2) is 48.5 Å². The smallest absolute Gasteiger partial charge is 0.142 e. The van der Waals surface area contributed by atoms with Crippen molar-refractivity contribution in [2.24, 2.45) is 0 Å². The zero-order valence-corrected chi connectivity index (χ0v) is 13.0. The molecule has 0 spiro atoms. The number of ether oxygens (including phenoxy) is 3. The number of anilines is 1. The van der Waals surface area contributed by atoms with Gasteiger partial charge in [0.1, 0.15) is 17.2 Å². The fourth-order valence-corrected chi connectivity index (χ4v) is 2.01. The molecule has 0 unspecified atom stereocenters. The number of nitrogens with two attached hydrogens (primary N) is 1. The highest BCUT2D eigenvalue weighted by atomic mass is 16.5. The van der Waals surface area contributed by atoms with Crippen LogP contribution in [0.1, 0.15) is 19.8 Å². The van der Waals surface area contributed by atoms with Crippen LogP contribution in [0.2, 0.25) is 0 Å². The lowest BCUT2D eigenvalue weighted by Crippen LogP contribution is -2.04. The fraction of sp³-hybridized carbons (Fsp3) is 0.333. The third kappa shape index (κ3) is 5.20. The lowest BCUT2D eigenvalue weighted by atomic mass is 10.2. The number of hydrogen-bond donors (Lipinski definition) is 1. The van der Waals surface area contributed by atoms with Gasteiger partial charge in [0.2, 0.25) is 0 Å². The van der Waals surface area contributed by atoms with Gasteiger partial charge in [-0.3, -0.25) is 0 Å². The van der Waals surface area contributed by atoms with Crippen molar-refractivity contribution >= 4 is 5.69 Å². The first-order valence-corrected chi connectivity index (χ1v) is 7.62. The molecule has 0 radical (unpaired) electrons. The molecule has 4 nitrogen and oxygen atoms in total. The molecule has 0 amide bonds. The molecule has 0 heterocycles. The molecule has 0 aromatic heterocycles. The van der Waals surface area contributed by atoms with Gasteiger partial charge in [0.25, 0.3) is 0 Å². The van der Waals surface area contributed by atoms with E-state index in [4.69, 9.17) is 19.9 Å². The molecular formula is C18H23NO3. The first kappa shape index (κ1) is 16.0. The largest absolute Gasteiger partial charge is 0.494 e. The Morgan fingerprint density at radius 1 is 0.818 bits per heavy atom. The molecule has 0 saturated heterocycles. The van der Waals surface area contributed by atoms with Crippen LogP contribution >= 0.6 is 0 Å². The molecule has 0 fully saturated rings. The molecule has 22 heavy (non-hydrogen) atoms. The number of hydrogen-bond acceptors (Lipinski definition) is 4. The number of para-hydroxylation sites is 1. The lowest BCUT2D eigenvalue weighted by Gasteiger charge is -2.11. The minimum absolute atomic E-state index is 0.603. The van der Waals surface area contributed by atoms with Gasteiger partial charge in [0.15, 0.2) is 0 Å². The molecule has 0 aliphatic rings. The van der Waals surface area contributed by atoms with Crippen molar-refractivity contribution < 1.29 is 14.2 Å². The van der Waals surface area contributed by atoms with E-state index in [9.17, 15) is 0 Å². The Morgan fingerprint density at radius 2 is 1.55 bits per heavy atom. The summed E-state index contributed by atoms with van der Waals surface area (Å²) in [6.45, 7) is 3.88. The molecule has 0 aliphatic heterocycles. The quantitative estimate of drug-likeness (QED) is 0.563. The molecule has 0 atom stereocenters. The van der Waals surface area contributed by atoms with E-state index in [0.717, 1.165) is 24.3 Å². The van der Waals surface area contributed by atoms with Crippen molar-refractivity contribution in [3.05, 3.63) is 48.5 Å². The lowest BCUT2D eigenvalue weighted by molar-refractivity contribution is 0.267. The predicted octanol–water partition coefficient (Wildman–Crippen LogP) is 3.91. The first-order valence-electron chi connectivity index (χ1n) is 7.62. The Balaban J connectivity index is 1.64. The van der Waals surface area contributed by atoms with Crippen molar-refractivity contribution in [1.82, 2.24) is 0 Å². The molecule has 2 aromatic carbocycles. The van der Waals surface area contributed by atoms with Gasteiger partial charge in [-0.25, -0.2) is 0 Å². The van der Waals surface area contributed by atoms with Crippen LogP contribution in [0.3, 0.4) is 0 Å². The second kappa shape index (κ2) is 8.82. The van der Waals surface area contributed by atoms with Crippen LogP contribution in [0, 0.1) is 0 Å². The highest BCUT2D eigenvalue weighted by Gasteiger charge is 2.02. The Kier molecular flexibility index (Phi) is 6.42. The summed E-state index contributed by atoms with van der Waals surface area (Å²) in [4.78, 5) is 0. The zero-order valence-electron chi connectivity index (χ0n) is 13.0. The van der Waals surface area contributed by atoms with Crippen LogP contribution in [-0.4, -0.2) is 19.8 Å². The topological polar surface area (TPSA) is 53.7 Å². The molecule has 2 rings (SSSR count). The van der Waals surface area contributed by atoms with Crippen LogP contribution < -0.4 is 19.9 Å². The third-order valence-corrected chi connectivity index (χ3v) is 3.10. The minimum Gasteiger partial charge on any atom is -0.494 e. The average Bonchev–Trinajstić information content (AvgIpc) is 2.54. The second-order valence-corrected chi connectivity index (χ2v) is 4.85. The summed E-state index contributed by atoms with van der Waals surface area (Å²) in [5.41, 5.74) is 6.54. The van der Waals surface area contributed by atoms with E-state index in [1.807, 2.05) is 49.4 Å². The normalized spacial score (nSPS) is 10.2. The summed E-state index contributed by atoms with van der Waals surface area (Å²) in [5.74, 6) is 2.37. The molecule has 2 N–H and O–H groups in total. The van der Waals surface area contributed by atoms with Crippen molar-refractivity contribution in [1.29, 1.82) is 0 Å². The summed E-state index contributed by atoms with van der Waals surface area (Å²) in [6, 6.07) is 15.3. The van der Waals surface area contributed by atoms with E-state index in [1.54, 1.807) is 6.07 Å². The maximum Gasteiger partial charge on any atom is 0.142 e. The van der Waals surface area contributed by atoms with Gasteiger partial charge in [0, 0.05) is 6.07 Å². The standard InChI is InChI=1S/C18H23NO3/c1-2-20-16-10-11-18(17(19)14-16)22-13-7-6-12-21-15-8-4-3-5-9-15/h3-5,8-11,14H,2,6-7,12-13,19H2,1H3. The van der Waals surface area contributed by atoms with E-state index in [-0.39, 0.29) is 0 Å². The predicted molar refractivity (Wildman–Crippen MR) is 88.7 cm³/mol. The summed E-state index contributed by atoms with van der Waals surface area (Å²) >= 11 is 0. The van der Waals surface area contributed by atoms with Gasteiger partial charge in [0.05, 0.1) is 25.5 Å². The zero-order chi connectivity index (χ0) is 15.6. The van der Waals surface area contributed by atoms with E-state index < -0.39 is 0 Å². The fourth-order valence-electron chi connectivity index (χ4n) is 2.01. The van der Waals surface area contributed by atoms with Gasteiger partial charge < -0.3 is 19.9 Å². The Hall–Kier alpha value is -2.36. The van der Waals surface area contributed by atoms with Crippen molar-refractivity contribution in [2.45, 2.75) is 19.8 Å². The summed E-state index contributed by atoms with van der Waals surface area (Å²) in [7, 11) is 0. The SMILES string of the molecule is CCOc1ccc(OCCCCOc2ccccc2)c(N)c1. The summed E-state index contributed by atoms with van der Waals surface area (Å²) < 4.78 is 16.7. The van der Waals surface area contributed by atoms with Crippen molar-refractivity contribution in [2.75, 3.05) is 25.6 Å². The Morgan fingerprint density at radius 3 is 2.23 bits per heavy atom. The van der Waals surface area contributed by atoms with Crippen molar-refractivity contribution in [3.8, 4) is 17.2 Å². The van der Waals surface area contributed by atoms with Gasteiger partial charge in [-0.1, -0.05) is 18.2 Å². The van der Waals surface area contributed by atoms with Gasteiger partial charge in [-0.15, -0.1) is 0 Å². The van der Waals surface area contributed by atoms with Crippen LogP contribution in [0.25, 0.3) is 0 Å². The van der Waals surface area contributed by atoms with Gasteiger partial charge in [-0.05, 0) is 44.0 Å². The van der Waals surface area contributed by atoms with E-state index in [2.05, 4.69) is 0 Å². The van der Waals surface area contributed by atoms with Gasteiger partial charge in [-0.2, -0.15) is 0 Å².